The summed E-state index contributed by atoms with van der Waals surface area (Å²) in [6.07, 6.45) is 0. The minimum Gasteiger partial charge on any atom is -0.358 e. The van der Waals surface area contributed by atoms with Gasteiger partial charge in [-0.15, -0.1) is 0 Å². The predicted octanol–water partition coefficient (Wildman–Crippen LogP) is 3.26. The molecule has 0 aliphatic heterocycles. The number of benzene rings is 1. The summed E-state index contributed by atoms with van der Waals surface area (Å²) in [6, 6.07) is 6.23. The molecule has 1 unspecified atom stereocenters. The van der Waals surface area contributed by atoms with Crippen LogP contribution in [0.5, 0.6) is 0 Å². The van der Waals surface area contributed by atoms with E-state index < -0.39 is 0 Å². The fourth-order valence-corrected chi connectivity index (χ4v) is 2.28. The molecule has 2 aromatic rings. The highest BCUT2D eigenvalue weighted by Gasteiger charge is 2.11. The maximum Gasteiger partial charge on any atom is 0.0471 e. The van der Waals surface area contributed by atoms with Gasteiger partial charge in [0.2, 0.25) is 0 Å². The van der Waals surface area contributed by atoms with Crippen molar-refractivity contribution >= 4 is 26.8 Å². The number of fused-ring (bicyclic) bond motifs is 1. The minimum atomic E-state index is 0.0604. The molecular weight excluding hydrogens is 240 g/mol. The molecule has 1 heterocycles. The molecule has 74 valence electrons. The first-order valence-corrected chi connectivity index (χ1v) is 5.43. The summed E-state index contributed by atoms with van der Waals surface area (Å²) in [4.78, 5) is 3.32. The molecule has 0 radical (unpaired) electrons. The number of H-pyrrole nitrogens is 1. The Morgan fingerprint density at radius 1 is 1.43 bits per heavy atom. The van der Waals surface area contributed by atoms with Gasteiger partial charge < -0.3 is 10.7 Å². The lowest BCUT2D eigenvalue weighted by atomic mass is 10.0. The van der Waals surface area contributed by atoms with Gasteiger partial charge in [-0.3, -0.25) is 0 Å². The van der Waals surface area contributed by atoms with Gasteiger partial charge in [0.15, 0.2) is 0 Å². The molecule has 0 aliphatic carbocycles. The van der Waals surface area contributed by atoms with Crippen molar-refractivity contribution in [1.82, 2.24) is 4.98 Å². The van der Waals surface area contributed by atoms with Gasteiger partial charge in [-0.2, -0.15) is 0 Å². The fraction of sp³-hybridized carbons (Fsp3) is 0.273. The summed E-state index contributed by atoms with van der Waals surface area (Å²) in [7, 11) is 0. The Morgan fingerprint density at radius 2 is 2.14 bits per heavy atom. The first kappa shape index (κ1) is 9.74. The molecule has 0 saturated carbocycles. The first-order valence-electron chi connectivity index (χ1n) is 4.63. The van der Waals surface area contributed by atoms with Gasteiger partial charge in [0.1, 0.15) is 0 Å². The summed E-state index contributed by atoms with van der Waals surface area (Å²) >= 11 is 3.58. The van der Waals surface area contributed by atoms with Crippen molar-refractivity contribution < 1.29 is 0 Å². The number of nitrogens with two attached hydrogens (primary N) is 1. The lowest BCUT2D eigenvalue weighted by Crippen LogP contribution is -2.05. The summed E-state index contributed by atoms with van der Waals surface area (Å²) in [5.74, 6) is 0. The molecule has 1 aromatic carbocycles. The van der Waals surface area contributed by atoms with Crippen LogP contribution in [0.3, 0.4) is 0 Å². The van der Waals surface area contributed by atoms with E-state index in [1.165, 1.54) is 10.9 Å². The minimum absolute atomic E-state index is 0.0604. The summed E-state index contributed by atoms with van der Waals surface area (Å²) < 4.78 is 1.13. The molecular formula is C11H13BrN2. The highest BCUT2D eigenvalue weighted by molar-refractivity contribution is 9.10. The van der Waals surface area contributed by atoms with E-state index in [1.807, 2.05) is 13.0 Å². The van der Waals surface area contributed by atoms with Crippen molar-refractivity contribution in [2.45, 2.75) is 19.9 Å². The van der Waals surface area contributed by atoms with Crippen LogP contribution in [0.25, 0.3) is 10.9 Å². The molecule has 0 saturated heterocycles. The van der Waals surface area contributed by atoms with Crippen LogP contribution in [0.1, 0.15) is 24.2 Å². The van der Waals surface area contributed by atoms with E-state index in [0.29, 0.717) is 0 Å². The molecule has 0 spiro atoms. The van der Waals surface area contributed by atoms with E-state index >= 15 is 0 Å². The van der Waals surface area contributed by atoms with Crippen LogP contribution in [0.2, 0.25) is 0 Å². The van der Waals surface area contributed by atoms with Crippen LogP contribution in [0, 0.1) is 6.92 Å². The summed E-state index contributed by atoms with van der Waals surface area (Å²) in [5, 5.41) is 1.21. The lowest BCUT2D eigenvalue weighted by molar-refractivity contribution is 0.826. The fourth-order valence-electron chi connectivity index (χ4n) is 1.74. The average molecular weight is 253 g/mol. The number of aromatic nitrogens is 1. The second kappa shape index (κ2) is 3.41. The quantitative estimate of drug-likeness (QED) is 0.804. The molecule has 2 rings (SSSR count). The van der Waals surface area contributed by atoms with Crippen molar-refractivity contribution in [2.24, 2.45) is 5.73 Å². The predicted molar refractivity (Wildman–Crippen MR) is 63.3 cm³/mol. The van der Waals surface area contributed by atoms with E-state index in [0.717, 1.165) is 15.7 Å². The molecule has 0 aliphatic rings. The molecule has 3 heteroatoms. The first-order chi connectivity index (χ1) is 6.61. The number of aryl methyl sites for hydroxylation is 1. The monoisotopic (exact) mass is 252 g/mol. The second-order valence-electron chi connectivity index (χ2n) is 3.62. The van der Waals surface area contributed by atoms with Gasteiger partial charge >= 0.3 is 0 Å². The maximum atomic E-state index is 5.92. The molecule has 14 heavy (non-hydrogen) atoms. The highest BCUT2D eigenvalue weighted by atomic mass is 79.9. The molecule has 0 fully saturated rings. The summed E-state index contributed by atoms with van der Waals surface area (Å²) in [6.45, 7) is 4.05. The molecule has 3 N–H and O–H groups in total. The molecule has 0 amide bonds. The van der Waals surface area contributed by atoms with Crippen LogP contribution in [0.15, 0.2) is 22.7 Å². The average Bonchev–Trinajstić information content (AvgIpc) is 2.43. The Bertz CT molecular complexity index is 471. The summed E-state index contributed by atoms with van der Waals surface area (Å²) in [5.41, 5.74) is 9.39. The van der Waals surface area contributed by atoms with Crippen LogP contribution < -0.4 is 5.73 Å². The van der Waals surface area contributed by atoms with Gasteiger partial charge in [0, 0.05) is 27.1 Å². The standard InChI is InChI=1S/C11H13BrN2/c1-6(13)8-4-3-5-9-10(8)11(12)7(2)14-9/h3-6,14H,13H2,1-2H3. The SMILES string of the molecule is Cc1[nH]c2cccc(C(C)N)c2c1Br. The van der Waals surface area contributed by atoms with Gasteiger partial charge in [-0.1, -0.05) is 12.1 Å². The normalized spacial score (nSPS) is 13.4. The number of rotatable bonds is 1. The Hall–Kier alpha value is -0.800. The maximum absolute atomic E-state index is 5.92. The Balaban J connectivity index is 2.84. The highest BCUT2D eigenvalue weighted by Crippen LogP contribution is 2.32. The molecule has 1 atom stereocenters. The zero-order chi connectivity index (χ0) is 10.3. The van der Waals surface area contributed by atoms with E-state index in [2.05, 4.69) is 40.0 Å². The van der Waals surface area contributed by atoms with Crippen LogP contribution in [0.4, 0.5) is 0 Å². The number of halogens is 1. The van der Waals surface area contributed by atoms with Crippen LogP contribution >= 0.6 is 15.9 Å². The Labute approximate surface area is 91.6 Å². The van der Waals surface area contributed by atoms with E-state index in [4.69, 9.17) is 5.73 Å². The van der Waals surface area contributed by atoms with E-state index in [9.17, 15) is 0 Å². The van der Waals surface area contributed by atoms with Crippen LogP contribution in [-0.2, 0) is 0 Å². The molecule has 1 aromatic heterocycles. The van der Waals surface area contributed by atoms with E-state index in [-0.39, 0.29) is 6.04 Å². The van der Waals surface area contributed by atoms with Crippen LogP contribution in [-0.4, -0.2) is 4.98 Å². The van der Waals surface area contributed by atoms with Crippen molar-refractivity contribution in [3.8, 4) is 0 Å². The van der Waals surface area contributed by atoms with Gasteiger partial charge in [0.25, 0.3) is 0 Å². The second-order valence-corrected chi connectivity index (χ2v) is 4.42. The van der Waals surface area contributed by atoms with Crippen molar-refractivity contribution in [2.75, 3.05) is 0 Å². The Kier molecular flexibility index (Phi) is 2.37. The van der Waals surface area contributed by atoms with Crippen molar-refractivity contribution in [3.05, 3.63) is 33.9 Å². The van der Waals surface area contributed by atoms with Gasteiger partial charge in [-0.05, 0) is 41.4 Å². The van der Waals surface area contributed by atoms with E-state index in [1.54, 1.807) is 0 Å². The van der Waals surface area contributed by atoms with Crippen molar-refractivity contribution in [1.29, 1.82) is 0 Å². The number of aromatic amines is 1. The third-order valence-corrected chi connectivity index (χ3v) is 3.45. The number of hydrogen-bond donors (Lipinski definition) is 2. The number of hydrogen-bond acceptors (Lipinski definition) is 1. The largest absolute Gasteiger partial charge is 0.358 e. The molecule has 0 bridgehead atoms. The van der Waals surface area contributed by atoms with Gasteiger partial charge in [0.05, 0.1) is 0 Å². The lowest BCUT2D eigenvalue weighted by Gasteiger charge is -2.07. The van der Waals surface area contributed by atoms with Crippen molar-refractivity contribution in [3.63, 3.8) is 0 Å². The smallest absolute Gasteiger partial charge is 0.0471 e. The third-order valence-electron chi connectivity index (χ3n) is 2.46. The zero-order valence-corrected chi connectivity index (χ0v) is 9.85. The zero-order valence-electron chi connectivity index (χ0n) is 8.26. The third kappa shape index (κ3) is 1.37. The Morgan fingerprint density at radius 3 is 2.79 bits per heavy atom. The topological polar surface area (TPSA) is 41.8 Å². The molecule has 2 nitrogen and oxygen atoms in total. The number of nitrogens with one attached hydrogen (secondary N) is 1. The van der Waals surface area contributed by atoms with Gasteiger partial charge in [-0.25, -0.2) is 0 Å².